The molecule has 0 aliphatic carbocycles. The van der Waals surface area contributed by atoms with Crippen molar-refractivity contribution in [2.75, 3.05) is 0 Å². The Morgan fingerprint density at radius 1 is 0.833 bits per heavy atom. The normalized spacial score (nSPS) is 16.5. The summed E-state index contributed by atoms with van der Waals surface area (Å²) in [5.74, 6) is 0. The van der Waals surface area contributed by atoms with Crippen LogP contribution in [-0.2, 0) is 5.41 Å². The lowest BCUT2D eigenvalue weighted by molar-refractivity contribution is 0.0178. The number of alkyl halides is 1. The summed E-state index contributed by atoms with van der Waals surface area (Å²) in [6.45, 7) is 15.9. The van der Waals surface area contributed by atoms with E-state index in [9.17, 15) is 4.39 Å². The van der Waals surface area contributed by atoms with Crippen LogP contribution in [0.4, 0.5) is 4.39 Å². The summed E-state index contributed by atoms with van der Waals surface area (Å²) in [5.41, 5.74) is 1.64. The molecular formula is C17H27F. The Bertz CT molecular complexity index is 416. The van der Waals surface area contributed by atoms with Crippen LogP contribution in [0, 0.1) is 19.3 Å². The van der Waals surface area contributed by atoms with E-state index in [-0.39, 0.29) is 5.41 Å². The summed E-state index contributed by atoms with van der Waals surface area (Å²) >= 11 is 0. The zero-order valence-electron chi connectivity index (χ0n) is 13.1. The molecule has 0 amide bonds. The molecular weight excluding hydrogens is 223 g/mol. The number of halogens is 1. The van der Waals surface area contributed by atoms with Gasteiger partial charge in [0.05, 0.1) is 0 Å². The third-order valence-corrected chi connectivity index (χ3v) is 4.77. The molecule has 1 aromatic carbocycles. The minimum absolute atomic E-state index is 0.146. The molecule has 0 saturated heterocycles. The maximum Gasteiger partial charge on any atom is 0.115 e. The first-order valence-corrected chi connectivity index (χ1v) is 6.68. The van der Waals surface area contributed by atoms with E-state index in [0.717, 1.165) is 5.56 Å². The fraction of sp³-hybridized carbons (Fsp3) is 0.647. The largest absolute Gasteiger partial charge is 0.244 e. The fourth-order valence-electron chi connectivity index (χ4n) is 2.72. The number of hydrogen-bond acceptors (Lipinski definition) is 0. The molecule has 0 bridgehead atoms. The van der Waals surface area contributed by atoms with Crippen LogP contribution in [-0.4, -0.2) is 5.67 Å². The van der Waals surface area contributed by atoms with Gasteiger partial charge in [-0.25, -0.2) is 4.39 Å². The monoisotopic (exact) mass is 250 g/mol. The molecule has 1 heteroatoms. The molecule has 1 atom stereocenters. The van der Waals surface area contributed by atoms with Crippen LogP contribution in [0.25, 0.3) is 0 Å². The van der Waals surface area contributed by atoms with E-state index in [1.54, 1.807) is 13.8 Å². The topological polar surface area (TPSA) is 0 Å². The second-order valence-corrected chi connectivity index (χ2v) is 7.15. The van der Waals surface area contributed by atoms with E-state index in [4.69, 9.17) is 0 Å². The fourth-order valence-corrected chi connectivity index (χ4v) is 2.72. The Morgan fingerprint density at radius 3 is 1.67 bits per heavy atom. The van der Waals surface area contributed by atoms with Crippen molar-refractivity contribution in [2.45, 2.75) is 66.5 Å². The number of aryl methyl sites for hydroxylation is 2. The molecule has 1 aromatic rings. The van der Waals surface area contributed by atoms with Gasteiger partial charge < -0.3 is 0 Å². The Kier molecular flexibility index (Phi) is 3.69. The van der Waals surface area contributed by atoms with Gasteiger partial charge in [0.15, 0.2) is 0 Å². The predicted molar refractivity (Wildman–Crippen MR) is 77.9 cm³/mol. The van der Waals surface area contributed by atoms with Crippen molar-refractivity contribution in [3.63, 3.8) is 0 Å². The highest BCUT2D eigenvalue weighted by Gasteiger charge is 2.51. The molecule has 18 heavy (non-hydrogen) atoms. The van der Waals surface area contributed by atoms with Crippen molar-refractivity contribution in [3.05, 3.63) is 34.9 Å². The minimum Gasteiger partial charge on any atom is -0.244 e. The first-order valence-electron chi connectivity index (χ1n) is 6.68. The lowest BCUT2D eigenvalue weighted by atomic mass is 9.57. The van der Waals surface area contributed by atoms with Crippen LogP contribution in [0.5, 0.6) is 0 Å². The van der Waals surface area contributed by atoms with Crippen LogP contribution in [0.3, 0.4) is 0 Å². The molecule has 102 valence electrons. The summed E-state index contributed by atoms with van der Waals surface area (Å²) in [6, 6.07) is 6.32. The minimum atomic E-state index is -1.27. The second kappa shape index (κ2) is 4.36. The number of benzene rings is 1. The molecule has 0 radical (unpaired) electrons. The molecule has 1 rings (SSSR count). The van der Waals surface area contributed by atoms with Gasteiger partial charge in [0.1, 0.15) is 5.67 Å². The first kappa shape index (κ1) is 15.2. The van der Waals surface area contributed by atoms with Gasteiger partial charge in [0.25, 0.3) is 0 Å². The van der Waals surface area contributed by atoms with Crippen LogP contribution < -0.4 is 0 Å². The number of rotatable bonds is 2. The zero-order valence-corrected chi connectivity index (χ0v) is 13.1. The van der Waals surface area contributed by atoms with E-state index in [0.29, 0.717) is 0 Å². The molecule has 0 N–H and O–H groups in total. The van der Waals surface area contributed by atoms with Crippen molar-refractivity contribution in [3.8, 4) is 0 Å². The Balaban J connectivity index is 3.51. The maximum absolute atomic E-state index is 14.9. The molecule has 0 fully saturated rings. The molecule has 0 nitrogen and oxygen atoms in total. The maximum atomic E-state index is 14.9. The molecule has 0 spiro atoms. The summed E-state index contributed by atoms with van der Waals surface area (Å²) in [4.78, 5) is 0. The third-order valence-electron chi connectivity index (χ3n) is 4.77. The SMILES string of the molecule is Cc1ccc(C(C)(C(C)(C)C)C(C)(C)F)cc1C. The van der Waals surface area contributed by atoms with Gasteiger partial charge in [0.2, 0.25) is 0 Å². The van der Waals surface area contributed by atoms with Gasteiger partial charge in [-0.3, -0.25) is 0 Å². The van der Waals surface area contributed by atoms with Gasteiger partial charge in [0, 0.05) is 5.41 Å². The number of hydrogen-bond donors (Lipinski definition) is 0. The summed E-state index contributed by atoms with van der Waals surface area (Å²) in [5, 5.41) is 0. The van der Waals surface area contributed by atoms with Crippen LogP contribution in [0.15, 0.2) is 18.2 Å². The quantitative estimate of drug-likeness (QED) is 0.663. The van der Waals surface area contributed by atoms with Crippen LogP contribution in [0.1, 0.15) is 58.2 Å². The van der Waals surface area contributed by atoms with Gasteiger partial charge in [-0.1, -0.05) is 45.9 Å². The average Bonchev–Trinajstić information content (AvgIpc) is 2.17. The van der Waals surface area contributed by atoms with E-state index >= 15 is 0 Å². The van der Waals surface area contributed by atoms with Crippen LogP contribution >= 0.6 is 0 Å². The van der Waals surface area contributed by atoms with E-state index < -0.39 is 11.1 Å². The summed E-state index contributed by atoms with van der Waals surface area (Å²) < 4.78 is 14.9. The Labute approximate surface area is 112 Å². The molecule has 0 aromatic heterocycles. The molecule has 0 heterocycles. The molecule has 0 aliphatic heterocycles. The smallest absolute Gasteiger partial charge is 0.115 e. The lowest BCUT2D eigenvalue weighted by Crippen LogP contribution is -2.51. The molecule has 1 unspecified atom stereocenters. The first-order chi connectivity index (χ1) is 7.91. The van der Waals surface area contributed by atoms with Gasteiger partial charge in [-0.05, 0) is 49.8 Å². The molecule has 0 aliphatic rings. The van der Waals surface area contributed by atoms with Crippen molar-refractivity contribution in [1.82, 2.24) is 0 Å². The molecule has 0 saturated carbocycles. The summed E-state index contributed by atoms with van der Waals surface area (Å²) in [7, 11) is 0. The van der Waals surface area contributed by atoms with E-state index in [1.807, 2.05) is 6.92 Å². The highest BCUT2D eigenvalue weighted by Crippen LogP contribution is 2.50. The Hall–Kier alpha value is -0.850. The predicted octanol–water partition coefficient (Wildman–Crippen LogP) is 5.36. The van der Waals surface area contributed by atoms with Crippen LogP contribution in [0.2, 0.25) is 0 Å². The van der Waals surface area contributed by atoms with E-state index in [2.05, 4.69) is 52.8 Å². The van der Waals surface area contributed by atoms with Crippen molar-refractivity contribution in [2.24, 2.45) is 5.41 Å². The van der Waals surface area contributed by atoms with Crippen molar-refractivity contribution < 1.29 is 4.39 Å². The third kappa shape index (κ3) is 2.32. The zero-order chi connectivity index (χ0) is 14.4. The highest BCUT2D eigenvalue weighted by molar-refractivity contribution is 5.37. The average molecular weight is 250 g/mol. The van der Waals surface area contributed by atoms with Gasteiger partial charge >= 0.3 is 0 Å². The highest BCUT2D eigenvalue weighted by atomic mass is 19.1. The standard InChI is InChI=1S/C17H27F/c1-12-9-10-14(11-13(12)2)17(8,15(3,4)5)16(6,7)18/h9-11H,1-8H3. The Morgan fingerprint density at radius 2 is 1.33 bits per heavy atom. The van der Waals surface area contributed by atoms with E-state index in [1.165, 1.54) is 11.1 Å². The van der Waals surface area contributed by atoms with Gasteiger partial charge in [-0.2, -0.15) is 0 Å². The van der Waals surface area contributed by atoms with Gasteiger partial charge in [-0.15, -0.1) is 0 Å². The lowest BCUT2D eigenvalue weighted by Gasteiger charge is -2.49. The van der Waals surface area contributed by atoms with Crippen molar-refractivity contribution in [1.29, 1.82) is 0 Å². The van der Waals surface area contributed by atoms with Crippen molar-refractivity contribution >= 4 is 0 Å². The summed E-state index contributed by atoms with van der Waals surface area (Å²) in [6.07, 6.45) is 0. The second-order valence-electron chi connectivity index (χ2n) is 7.15.